The molecule has 0 aliphatic carbocycles. The molecule has 4 aromatic rings. The maximum absolute atomic E-state index is 12.2. The van der Waals surface area contributed by atoms with Gasteiger partial charge in [-0.25, -0.2) is 16.8 Å². The van der Waals surface area contributed by atoms with Crippen LogP contribution in [0.4, 0.5) is 0 Å². The fraction of sp³-hybridized carbons (Fsp3) is 0.762. The van der Waals surface area contributed by atoms with Crippen LogP contribution in [0.1, 0.15) is 410 Å². The van der Waals surface area contributed by atoms with Crippen molar-refractivity contribution in [2.24, 2.45) is 0 Å². The molecule has 0 aromatic heterocycles. The van der Waals surface area contributed by atoms with Crippen LogP contribution in [0.2, 0.25) is 0 Å². The van der Waals surface area contributed by atoms with Gasteiger partial charge in [-0.2, -0.15) is 0 Å². The first-order chi connectivity index (χ1) is 44.9. The van der Waals surface area contributed by atoms with E-state index in [0.29, 0.717) is 12.8 Å². The zero-order valence-electron chi connectivity index (χ0n) is 61.2. The van der Waals surface area contributed by atoms with E-state index in [4.69, 9.17) is 0 Å². The van der Waals surface area contributed by atoms with Crippen LogP contribution in [-0.2, 0) is 45.9 Å². The molecule has 0 spiro atoms. The number of benzene rings is 4. The van der Waals surface area contributed by atoms with E-state index in [1.807, 2.05) is 12.1 Å². The number of hydrogen-bond acceptors (Lipinski definition) is 6. The Morgan fingerprint density at radius 3 is 0.602 bits per heavy atom. The molecule has 0 saturated heterocycles. The van der Waals surface area contributed by atoms with Gasteiger partial charge in [-0.3, -0.25) is 0 Å². The van der Waals surface area contributed by atoms with Gasteiger partial charge in [-0.05, 0) is 107 Å². The van der Waals surface area contributed by atoms with E-state index in [2.05, 4.69) is 64.1 Å². The minimum atomic E-state index is -4.50. The third-order valence-corrected chi connectivity index (χ3v) is 21.9. The van der Waals surface area contributed by atoms with Crippen molar-refractivity contribution in [3.05, 3.63) is 82.9 Å². The predicted molar refractivity (Wildman–Crippen MR) is 406 cm³/mol. The van der Waals surface area contributed by atoms with Gasteiger partial charge in [0.1, 0.15) is 20.2 Å². The summed E-state index contributed by atoms with van der Waals surface area (Å²) < 4.78 is 73.2. The van der Waals surface area contributed by atoms with Gasteiger partial charge in [0.25, 0.3) is 0 Å². The Morgan fingerprint density at radius 1 is 0.237 bits per heavy atom. The summed E-state index contributed by atoms with van der Waals surface area (Å²) in [5, 5.41) is 4.01. The summed E-state index contributed by atoms with van der Waals surface area (Å²) in [5.41, 5.74) is 4.01. The van der Waals surface area contributed by atoms with E-state index in [9.17, 15) is 25.9 Å². The first-order valence-electron chi connectivity index (χ1n) is 39.9. The molecule has 0 saturated carbocycles. The van der Waals surface area contributed by atoms with Crippen LogP contribution in [-0.4, -0.2) is 74.8 Å². The number of aryl methyl sites for hydroxylation is 4. The average Bonchev–Trinajstić information content (AvgIpc) is 0.811. The van der Waals surface area contributed by atoms with E-state index in [-0.39, 0.29) is 58.7 Å². The molecule has 0 aliphatic rings. The van der Waals surface area contributed by atoms with Crippen LogP contribution >= 0.6 is 0 Å². The molecule has 0 heterocycles. The maximum Gasteiger partial charge on any atom is 2.00 e. The fourth-order valence-corrected chi connectivity index (χ4v) is 15.6. The molecule has 4 rings (SSSR count). The van der Waals surface area contributed by atoms with Crippen molar-refractivity contribution in [3.63, 3.8) is 0 Å². The third kappa shape index (κ3) is 44.5. The zero-order valence-corrected chi connectivity index (χ0v) is 67.2. The van der Waals surface area contributed by atoms with Gasteiger partial charge in [0.2, 0.25) is 0 Å². The molecule has 0 amide bonds. The van der Waals surface area contributed by atoms with Gasteiger partial charge in [-0.15, -0.1) is 0 Å². The molecular weight excluding hydrogens is 1310 g/mol. The van der Waals surface area contributed by atoms with Crippen LogP contribution < -0.4 is 0 Å². The van der Waals surface area contributed by atoms with Crippen molar-refractivity contribution in [1.29, 1.82) is 0 Å². The summed E-state index contributed by atoms with van der Waals surface area (Å²) in [4.78, 5) is -0.0216. The van der Waals surface area contributed by atoms with Gasteiger partial charge in [0, 0.05) is 0 Å². The van der Waals surface area contributed by atoms with Gasteiger partial charge in [0.05, 0.1) is 9.79 Å². The van der Waals surface area contributed by atoms with Crippen molar-refractivity contribution in [1.82, 2.24) is 0 Å². The molecule has 6 nitrogen and oxygen atoms in total. The quantitative estimate of drug-likeness (QED) is 0.0247. The van der Waals surface area contributed by atoms with Gasteiger partial charge < -0.3 is 9.11 Å². The third-order valence-electron chi connectivity index (χ3n) is 20.0. The molecule has 528 valence electrons. The normalized spacial score (nSPS) is 11.8. The number of fused-ring (bicyclic) bond motifs is 2. The summed E-state index contributed by atoms with van der Waals surface area (Å²) >= 11 is 0. The summed E-state index contributed by atoms with van der Waals surface area (Å²) in [5.74, 6) is 0. The summed E-state index contributed by atoms with van der Waals surface area (Å²) in [6.07, 6.45) is 77.6. The smallest absolute Gasteiger partial charge is 0.744 e. The van der Waals surface area contributed by atoms with Crippen molar-refractivity contribution >= 4 is 90.7 Å². The molecule has 0 atom stereocenters. The molecule has 0 N–H and O–H groups in total. The monoisotopic (exact) mass is 1450 g/mol. The van der Waals surface area contributed by atoms with Crippen LogP contribution in [0.15, 0.2) is 70.5 Å². The number of hydrogen-bond donors (Lipinski definition) is 0. The Labute approximate surface area is 616 Å². The van der Waals surface area contributed by atoms with Gasteiger partial charge >= 0.3 is 48.9 Å². The number of rotatable bonds is 62. The van der Waals surface area contributed by atoms with E-state index < -0.39 is 20.2 Å². The minimum absolute atomic E-state index is 0. The topological polar surface area (TPSA) is 114 Å². The molecule has 9 heteroatoms. The Hall–Kier alpha value is -1.21. The van der Waals surface area contributed by atoms with E-state index in [1.165, 1.54) is 344 Å². The van der Waals surface area contributed by atoms with E-state index in [1.54, 1.807) is 0 Å². The fourth-order valence-electron chi connectivity index (χ4n) is 14.2. The molecular formula is C84H142BaO6S2. The molecule has 0 fully saturated rings. The summed E-state index contributed by atoms with van der Waals surface area (Å²) in [6.45, 7) is 9.11. The standard InChI is InChI=1S/2C42H72O3S.Ba/c2*1-3-5-7-9-11-13-15-17-19-21-23-25-27-29-31-38-33-34-39-35-36-42(46(43,44)45)40(41(39)37-38)32-30-28-26-24-22-20-18-16-14-12-10-8-6-4-2;/h2*33-37H,3-32H2,1-2H3,(H,43,44,45);/q;;+2/p-2. The van der Waals surface area contributed by atoms with E-state index >= 15 is 0 Å². The van der Waals surface area contributed by atoms with Crippen LogP contribution in [0, 0.1) is 0 Å². The second kappa shape index (κ2) is 59.6. The zero-order chi connectivity index (χ0) is 66.3. The van der Waals surface area contributed by atoms with Crippen molar-refractivity contribution in [2.75, 3.05) is 0 Å². The molecule has 0 radical (unpaired) electrons. The first-order valence-corrected chi connectivity index (χ1v) is 42.8. The summed E-state index contributed by atoms with van der Waals surface area (Å²) in [6, 6.07) is 19.6. The predicted octanol–water partition coefficient (Wildman–Crippen LogP) is 27.2. The first kappa shape index (κ1) is 87.9. The van der Waals surface area contributed by atoms with Gasteiger partial charge in [-0.1, -0.05) is 410 Å². The molecule has 0 bridgehead atoms. The second-order valence-electron chi connectivity index (χ2n) is 28.5. The largest absolute Gasteiger partial charge is 2.00 e. The van der Waals surface area contributed by atoms with Crippen LogP contribution in [0.3, 0.4) is 0 Å². The molecule has 4 aromatic carbocycles. The Kier molecular flexibility index (Phi) is 56.4. The SMILES string of the molecule is CCCCCCCCCCCCCCCCc1ccc2ccc(S(=O)(=O)[O-])c(CCCCCCCCCCCCCCCC)c2c1.CCCCCCCCCCCCCCCCc1ccc2ccc(S(=O)(=O)[O-])c(CCCCCCCCCCCCCCCC)c2c1.[Ba+2]. The molecule has 0 aliphatic heterocycles. The molecule has 0 unspecified atom stereocenters. The number of unbranched alkanes of at least 4 members (excludes halogenated alkanes) is 52. The van der Waals surface area contributed by atoms with E-state index in [0.717, 1.165) is 84.0 Å². The maximum atomic E-state index is 12.2. The van der Waals surface area contributed by atoms with Crippen molar-refractivity contribution < 1.29 is 25.9 Å². The van der Waals surface area contributed by atoms with Gasteiger partial charge in [0.15, 0.2) is 0 Å². The Bertz CT molecular complexity index is 2430. The van der Waals surface area contributed by atoms with Crippen LogP contribution in [0.25, 0.3) is 21.5 Å². The second-order valence-corrected chi connectivity index (χ2v) is 31.2. The molecule has 93 heavy (non-hydrogen) atoms. The summed E-state index contributed by atoms with van der Waals surface area (Å²) in [7, 11) is -9.00. The van der Waals surface area contributed by atoms with Crippen molar-refractivity contribution in [3.8, 4) is 0 Å². The Balaban J connectivity index is 0.000000627. The average molecular weight is 1450 g/mol. The Morgan fingerprint density at radius 2 is 0.409 bits per heavy atom. The van der Waals surface area contributed by atoms with Crippen molar-refractivity contribution in [2.45, 2.75) is 423 Å². The minimum Gasteiger partial charge on any atom is -0.744 e. The van der Waals surface area contributed by atoms with Crippen LogP contribution in [0.5, 0.6) is 0 Å².